The Labute approximate surface area is 141 Å². The number of ether oxygens (including phenoxy) is 1. The van der Waals surface area contributed by atoms with Crippen LogP contribution < -0.4 is 10.1 Å². The molecule has 1 aromatic rings. The molecule has 0 unspecified atom stereocenters. The lowest BCUT2D eigenvalue weighted by molar-refractivity contribution is -0.133. The first-order valence-corrected chi connectivity index (χ1v) is 8.29. The van der Waals surface area contributed by atoms with E-state index in [1.165, 1.54) is 0 Å². The van der Waals surface area contributed by atoms with Crippen LogP contribution in [0.25, 0.3) is 0 Å². The fourth-order valence-corrected chi connectivity index (χ4v) is 3.65. The zero-order chi connectivity index (χ0) is 17.3. The number of amides is 3. The topological polar surface area (TPSA) is 75.7 Å². The first-order chi connectivity index (χ1) is 11.5. The molecule has 1 aromatic carbocycles. The minimum Gasteiger partial charge on any atom is -0.497 e. The monoisotopic (exact) mass is 330 g/mol. The molecule has 24 heavy (non-hydrogen) atoms. The van der Waals surface area contributed by atoms with E-state index in [1.54, 1.807) is 31.4 Å². The average Bonchev–Trinajstić information content (AvgIpc) is 2.82. The van der Waals surface area contributed by atoms with Crippen LogP contribution in [0.3, 0.4) is 0 Å². The number of urea groups is 1. The van der Waals surface area contributed by atoms with Crippen molar-refractivity contribution in [2.24, 2.45) is 5.92 Å². The van der Waals surface area contributed by atoms with E-state index in [0.717, 1.165) is 24.2 Å². The molecule has 6 nitrogen and oxygen atoms in total. The molecule has 2 fully saturated rings. The van der Waals surface area contributed by atoms with E-state index in [-0.39, 0.29) is 24.2 Å². The summed E-state index contributed by atoms with van der Waals surface area (Å²) in [6, 6.07) is 6.18. The van der Waals surface area contributed by atoms with Crippen LogP contribution in [0.5, 0.6) is 5.75 Å². The molecule has 6 heteroatoms. The Hall–Kier alpha value is -2.37. The Kier molecular flexibility index (Phi) is 4.30. The van der Waals surface area contributed by atoms with Crippen molar-refractivity contribution in [3.63, 3.8) is 0 Å². The summed E-state index contributed by atoms with van der Waals surface area (Å²) in [4.78, 5) is 38.6. The number of nitrogens with zero attached hydrogens (tertiary/aromatic N) is 1. The maximum Gasteiger partial charge on any atom is 0.325 e. The highest BCUT2D eigenvalue weighted by Crippen LogP contribution is 2.38. The Morgan fingerprint density at radius 2 is 2.00 bits per heavy atom. The Bertz CT molecular complexity index is 670. The van der Waals surface area contributed by atoms with Crippen LogP contribution in [0.4, 0.5) is 4.79 Å². The number of carbonyl (C=O) groups is 3. The number of methoxy groups -OCH3 is 1. The van der Waals surface area contributed by atoms with Crippen LogP contribution in [-0.4, -0.2) is 41.8 Å². The third-order valence-corrected chi connectivity index (χ3v) is 5.22. The number of hydrogen-bond acceptors (Lipinski definition) is 4. The summed E-state index contributed by atoms with van der Waals surface area (Å²) in [5.41, 5.74) is -0.371. The van der Waals surface area contributed by atoms with Gasteiger partial charge in [0, 0.05) is 5.56 Å². The summed E-state index contributed by atoms with van der Waals surface area (Å²) >= 11 is 0. The SMILES string of the molecule is COc1ccc(C(=O)CN2C(=O)N[C@@]3(CCCC[C@@H]3C)C2=O)cc1. The number of rotatable bonds is 4. The summed E-state index contributed by atoms with van der Waals surface area (Å²) < 4.78 is 5.06. The second kappa shape index (κ2) is 6.26. The smallest absolute Gasteiger partial charge is 0.325 e. The molecule has 1 spiro atoms. The minimum absolute atomic E-state index is 0.0868. The van der Waals surface area contributed by atoms with E-state index in [4.69, 9.17) is 4.74 Å². The predicted molar refractivity (Wildman–Crippen MR) is 87.9 cm³/mol. The van der Waals surface area contributed by atoms with Crippen molar-refractivity contribution in [2.45, 2.75) is 38.1 Å². The first-order valence-electron chi connectivity index (χ1n) is 8.29. The quantitative estimate of drug-likeness (QED) is 0.679. The molecule has 1 saturated carbocycles. The summed E-state index contributed by atoms with van der Waals surface area (Å²) in [7, 11) is 1.55. The zero-order valence-electron chi connectivity index (χ0n) is 14.0. The van der Waals surface area contributed by atoms with Crippen LogP contribution in [-0.2, 0) is 4.79 Å². The van der Waals surface area contributed by atoms with Crippen LogP contribution in [0.1, 0.15) is 43.0 Å². The standard InChI is InChI=1S/C18H22N2O4/c1-12-5-3-4-10-18(12)16(22)20(17(23)19-18)11-15(21)13-6-8-14(24-2)9-7-13/h6-9,12H,3-5,10-11H2,1-2H3,(H,19,23)/t12-,18+/m0/s1. The Morgan fingerprint density at radius 1 is 1.29 bits per heavy atom. The Balaban J connectivity index is 1.76. The van der Waals surface area contributed by atoms with Crippen LogP contribution >= 0.6 is 0 Å². The molecular formula is C18H22N2O4. The van der Waals surface area contributed by atoms with Gasteiger partial charge in [0.05, 0.1) is 13.7 Å². The average molecular weight is 330 g/mol. The summed E-state index contributed by atoms with van der Waals surface area (Å²) in [6.07, 6.45) is 3.53. The van der Waals surface area contributed by atoms with Gasteiger partial charge in [-0.2, -0.15) is 0 Å². The van der Waals surface area contributed by atoms with Gasteiger partial charge in [0.2, 0.25) is 0 Å². The van der Waals surface area contributed by atoms with E-state index in [2.05, 4.69) is 5.32 Å². The summed E-state index contributed by atoms with van der Waals surface area (Å²) in [6.45, 7) is 1.76. The molecule has 0 radical (unpaired) electrons. The molecule has 1 heterocycles. The van der Waals surface area contributed by atoms with E-state index < -0.39 is 11.6 Å². The maximum atomic E-state index is 12.8. The van der Waals surface area contributed by atoms with Gasteiger partial charge in [-0.3, -0.25) is 14.5 Å². The molecular weight excluding hydrogens is 308 g/mol. The van der Waals surface area contributed by atoms with E-state index in [1.807, 2.05) is 6.92 Å². The Morgan fingerprint density at radius 3 is 2.62 bits per heavy atom. The number of hydrogen-bond donors (Lipinski definition) is 1. The van der Waals surface area contributed by atoms with Crippen LogP contribution in [0.15, 0.2) is 24.3 Å². The summed E-state index contributed by atoms with van der Waals surface area (Å²) in [5.74, 6) is 0.212. The van der Waals surface area contributed by atoms with E-state index in [9.17, 15) is 14.4 Å². The highest BCUT2D eigenvalue weighted by atomic mass is 16.5. The normalized spacial score (nSPS) is 26.6. The lowest BCUT2D eigenvalue weighted by Gasteiger charge is -2.36. The van der Waals surface area contributed by atoms with Crippen LogP contribution in [0.2, 0.25) is 0 Å². The maximum absolute atomic E-state index is 12.8. The minimum atomic E-state index is -0.824. The summed E-state index contributed by atoms with van der Waals surface area (Å²) in [5, 5.41) is 2.86. The van der Waals surface area contributed by atoms with Crippen molar-refractivity contribution in [1.82, 2.24) is 10.2 Å². The molecule has 0 bridgehead atoms. The van der Waals surface area contributed by atoms with Gasteiger partial charge in [0.1, 0.15) is 11.3 Å². The molecule has 1 aliphatic heterocycles. The molecule has 0 aromatic heterocycles. The zero-order valence-corrected chi connectivity index (χ0v) is 14.0. The number of Topliss-reactive ketones (excluding diaryl/α,β-unsaturated/α-hetero) is 1. The fourth-order valence-electron chi connectivity index (χ4n) is 3.65. The molecule has 1 saturated heterocycles. The number of imide groups is 1. The third-order valence-electron chi connectivity index (χ3n) is 5.22. The van der Waals surface area contributed by atoms with Gasteiger partial charge in [-0.15, -0.1) is 0 Å². The second-order valence-corrected chi connectivity index (χ2v) is 6.59. The van der Waals surface area contributed by atoms with Gasteiger partial charge in [-0.05, 0) is 43.0 Å². The van der Waals surface area contributed by atoms with Crippen molar-refractivity contribution in [2.75, 3.05) is 13.7 Å². The fraction of sp³-hybridized carbons (Fsp3) is 0.500. The highest BCUT2D eigenvalue weighted by Gasteiger charge is 2.55. The van der Waals surface area contributed by atoms with Crippen LogP contribution in [0, 0.1) is 5.92 Å². The van der Waals surface area contributed by atoms with Crippen molar-refractivity contribution in [3.8, 4) is 5.75 Å². The number of nitrogens with one attached hydrogen (secondary N) is 1. The van der Waals surface area contributed by atoms with E-state index >= 15 is 0 Å². The molecule has 1 aliphatic carbocycles. The number of carbonyl (C=O) groups excluding carboxylic acids is 3. The molecule has 1 N–H and O–H groups in total. The van der Waals surface area contributed by atoms with Crippen molar-refractivity contribution >= 4 is 17.7 Å². The molecule has 3 amide bonds. The second-order valence-electron chi connectivity index (χ2n) is 6.59. The van der Waals surface area contributed by atoms with Gasteiger partial charge >= 0.3 is 6.03 Å². The molecule has 3 rings (SSSR count). The third kappa shape index (κ3) is 2.66. The lowest BCUT2D eigenvalue weighted by Crippen LogP contribution is -2.54. The molecule has 2 aliphatic rings. The number of benzene rings is 1. The number of ketones is 1. The predicted octanol–water partition coefficient (Wildman–Crippen LogP) is 2.38. The van der Waals surface area contributed by atoms with Gasteiger partial charge in [-0.1, -0.05) is 19.8 Å². The molecule has 2 atom stereocenters. The lowest BCUT2D eigenvalue weighted by atomic mass is 9.73. The van der Waals surface area contributed by atoms with E-state index in [0.29, 0.717) is 17.7 Å². The van der Waals surface area contributed by atoms with Gasteiger partial charge in [0.25, 0.3) is 5.91 Å². The van der Waals surface area contributed by atoms with Gasteiger partial charge < -0.3 is 10.1 Å². The van der Waals surface area contributed by atoms with Crippen molar-refractivity contribution in [3.05, 3.63) is 29.8 Å². The first kappa shape index (κ1) is 16.5. The van der Waals surface area contributed by atoms with Gasteiger partial charge in [-0.25, -0.2) is 4.79 Å². The molecule has 128 valence electrons. The largest absolute Gasteiger partial charge is 0.497 e. The van der Waals surface area contributed by atoms with Gasteiger partial charge in [0.15, 0.2) is 5.78 Å². The van der Waals surface area contributed by atoms with Crippen molar-refractivity contribution < 1.29 is 19.1 Å². The highest BCUT2D eigenvalue weighted by molar-refractivity contribution is 6.11. The van der Waals surface area contributed by atoms with Crippen molar-refractivity contribution in [1.29, 1.82) is 0 Å².